The van der Waals surface area contributed by atoms with Gasteiger partial charge in [0.1, 0.15) is 0 Å². The summed E-state index contributed by atoms with van der Waals surface area (Å²) in [6.07, 6.45) is 12.3. The molecule has 1 heteroatoms. The van der Waals surface area contributed by atoms with Crippen molar-refractivity contribution >= 4 is 27.8 Å². The summed E-state index contributed by atoms with van der Waals surface area (Å²) in [5.41, 5.74) is 14.9. The maximum absolute atomic E-state index is 2.59. The largest absolute Gasteiger partial charge is 0.310 e. The van der Waals surface area contributed by atoms with Crippen molar-refractivity contribution in [3.63, 3.8) is 0 Å². The van der Waals surface area contributed by atoms with Crippen LogP contribution in [-0.4, -0.2) is 0 Å². The molecular formula is C50H49N. The van der Waals surface area contributed by atoms with Crippen molar-refractivity contribution in [3.05, 3.63) is 150 Å². The van der Waals surface area contributed by atoms with Crippen LogP contribution in [0.3, 0.4) is 0 Å². The van der Waals surface area contributed by atoms with Crippen LogP contribution in [-0.2, 0) is 5.41 Å². The molecule has 1 nitrogen and oxygen atoms in total. The van der Waals surface area contributed by atoms with Crippen LogP contribution in [0.4, 0.5) is 17.1 Å². The molecule has 0 saturated heterocycles. The normalized spacial score (nSPS) is 21.9. The Labute approximate surface area is 304 Å². The van der Waals surface area contributed by atoms with Crippen molar-refractivity contribution in [2.24, 2.45) is 11.8 Å². The molecule has 3 atom stereocenters. The first-order valence-electron chi connectivity index (χ1n) is 19.8. The van der Waals surface area contributed by atoms with Crippen LogP contribution in [0.25, 0.3) is 33.0 Å². The third-order valence-electron chi connectivity index (χ3n) is 13.5. The van der Waals surface area contributed by atoms with Crippen molar-refractivity contribution in [2.75, 3.05) is 4.90 Å². The Morgan fingerprint density at radius 3 is 2.12 bits per heavy atom. The molecule has 3 unspecified atom stereocenters. The van der Waals surface area contributed by atoms with Crippen LogP contribution in [0, 0.1) is 11.8 Å². The van der Waals surface area contributed by atoms with Gasteiger partial charge < -0.3 is 4.90 Å². The van der Waals surface area contributed by atoms with E-state index >= 15 is 0 Å². The van der Waals surface area contributed by atoms with E-state index in [0.29, 0.717) is 5.92 Å². The third-order valence-corrected chi connectivity index (χ3v) is 13.5. The van der Waals surface area contributed by atoms with Crippen LogP contribution in [0.1, 0.15) is 106 Å². The summed E-state index contributed by atoms with van der Waals surface area (Å²) in [4.78, 5) is 2.59. The molecule has 6 aromatic carbocycles. The molecule has 0 aliphatic heterocycles. The van der Waals surface area contributed by atoms with Crippen molar-refractivity contribution in [1.82, 2.24) is 0 Å². The Balaban J connectivity index is 1.13. The molecular weight excluding hydrogens is 615 g/mol. The molecule has 4 aliphatic rings. The number of anilines is 3. The smallest absolute Gasteiger partial charge is 0.0542 e. The predicted octanol–water partition coefficient (Wildman–Crippen LogP) is 14.2. The van der Waals surface area contributed by atoms with E-state index in [1.807, 2.05) is 0 Å². The molecule has 0 aromatic heterocycles. The van der Waals surface area contributed by atoms with Gasteiger partial charge in [0.05, 0.1) is 5.69 Å². The van der Waals surface area contributed by atoms with Gasteiger partial charge in [0, 0.05) is 22.2 Å². The fraction of sp³-hybridized carbons (Fsp3) is 0.320. The van der Waals surface area contributed by atoms with Crippen molar-refractivity contribution in [2.45, 2.75) is 88.9 Å². The molecule has 4 aliphatic carbocycles. The van der Waals surface area contributed by atoms with Crippen LogP contribution in [0.2, 0.25) is 0 Å². The molecule has 0 N–H and O–H groups in total. The molecule has 3 fully saturated rings. The Morgan fingerprint density at radius 2 is 1.35 bits per heavy atom. The second-order valence-electron chi connectivity index (χ2n) is 16.7. The van der Waals surface area contributed by atoms with Gasteiger partial charge in [-0.1, -0.05) is 131 Å². The molecule has 0 amide bonds. The second kappa shape index (κ2) is 12.3. The molecule has 6 aromatic rings. The van der Waals surface area contributed by atoms with Gasteiger partial charge in [-0.15, -0.1) is 0 Å². The summed E-state index contributed by atoms with van der Waals surface area (Å²) in [6, 6.07) is 49.1. The number of hydrogen-bond acceptors (Lipinski definition) is 1. The first-order chi connectivity index (χ1) is 25.0. The highest BCUT2D eigenvalue weighted by Gasteiger charge is 2.40. The third kappa shape index (κ3) is 5.18. The number of fused-ring (bicyclic) bond motifs is 6. The molecule has 3 saturated carbocycles. The molecule has 0 heterocycles. The maximum atomic E-state index is 2.59. The molecule has 254 valence electrons. The average molecular weight is 664 g/mol. The highest BCUT2D eigenvalue weighted by Crippen LogP contribution is 2.54. The van der Waals surface area contributed by atoms with Gasteiger partial charge in [0.15, 0.2) is 0 Å². The standard InChI is InChI=1S/C50H49N/c1-50(2)46-28-23-38(34-11-5-3-6-12-34)31-45(46)43-27-26-41(32-47(43)50)51(40-24-21-36(22-25-40)44-30-33-19-20-39(44)29-33)48-18-10-16-37-15-9-17-42(49(37)48)35-13-7-4-8-14-35/h3,5-6,9-12,15-18,21-28,31-33,35,39,44H,4,7-8,13-14,19-20,29-30H2,1-2H3. The monoisotopic (exact) mass is 663 g/mol. The Hall–Kier alpha value is -4.62. The van der Waals surface area contributed by atoms with Crippen LogP contribution >= 0.6 is 0 Å². The highest BCUT2D eigenvalue weighted by molar-refractivity contribution is 6.02. The number of rotatable bonds is 6. The maximum Gasteiger partial charge on any atom is 0.0542 e. The van der Waals surface area contributed by atoms with Crippen molar-refractivity contribution < 1.29 is 0 Å². The first kappa shape index (κ1) is 31.1. The van der Waals surface area contributed by atoms with Crippen LogP contribution < -0.4 is 4.90 Å². The molecule has 0 spiro atoms. The van der Waals surface area contributed by atoms with E-state index < -0.39 is 0 Å². The van der Waals surface area contributed by atoms with Gasteiger partial charge in [-0.3, -0.25) is 0 Å². The minimum Gasteiger partial charge on any atom is -0.310 e. The summed E-state index contributed by atoms with van der Waals surface area (Å²) in [6.45, 7) is 4.83. The van der Waals surface area contributed by atoms with Gasteiger partial charge in [0.25, 0.3) is 0 Å². The lowest BCUT2D eigenvalue weighted by Crippen LogP contribution is -2.17. The number of nitrogens with zero attached hydrogens (tertiary/aromatic N) is 1. The van der Waals surface area contributed by atoms with Gasteiger partial charge in [-0.2, -0.15) is 0 Å². The lowest BCUT2D eigenvalue weighted by atomic mass is 9.81. The van der Waals surface area contributed by atoms with Crippen molar-refractivity contribution in [3.8, 4) is 22.3 Å². The molecule has 51 heavy (non-hydrogen) atoms. The van der Waals surface area contributed by atoms with Crippen LogP contribution in [0.15, 0.2) is 127 Å². The molecule has 10 rings (SSSR count). The highest BCUT2D eigenvalue weighted by atomic mass is 15.1. The number of benzene rings is 6. The first-order valence-corrected chi connectivity index (χ1v) is 19.8. The van der Waals surface area contributed by atoms with E-state index in [1.165, 1.54) is 125 Å². The quantitative estimate of drug-likeness (QED) is 0.171. The fourth-order valence-corrected chi connectivity index (χ4v) is 10.9. The zero-order chi connectivity index (χ0) is 34.1. The van der Waals surface area contributed by atoms with E-state index in [-0.39, 0.29) is 5.41 Å². The summed E-state index contributed by atoms with van der Waals surface area (Å²) in [5, 5.41) is 2.78. The second-order valence-corrected chi connectivity index (χ2v) is 16.7. The molecule has 0 radical (unpaired) electrons. The predicted molar refractivity (Wildman–Crippen MR) is 216 cm³/mol. The number of hydrogen-bond donors (Lipinski definition) is 0. The Bertz CT molecular complexity index is 2230. The average Bonchev–Trinajstić information content (AvgIpc) is 3.88. The van der Waals surface area contributed by atoms with Crippen LogP contribution in [0.5, 0.6) is 0 Å². The van der Waals surface area contributed by atoms with Gasteiger partial charge in [-0.25, -0.2) is 0 Å². The molecule has 2 bridgehead atoms. The lowest BCUT2D eigenvalue weighted by Gasteiger charge is -2.31. The zero-order valence-corrected chi connectivity index (χ0v) is 30.2. The van der Waals surface area contributed by atoms with E-state index in [2.05, 4.69) is 146 Å². The van der Waals surface area contributed by atoms with Gasteiger partial charge in [0.2, 0.25) is 0 Å². The summed E-state index contributed by atoms with van der Waals surface area (Å²) in [7, 11) is 0. The fourth-order valence-electron chi connectivity index (χ4n) is 10.9. The minimum absolute atomic E-state index is 0.0980. The zero-order valence-electron chi connectivity index (χ0n) is 30.2. The lowest BCUT2D eigenvalue weighted by molar-refractivity contribution is 0.420. The van der Waals surface area contributed by atoms with E-state index in [4.69, 9.17) is 0 Å². The SMILES string of the molecule is CC1(C)c2ccc(-c3ccccc3)cc2-c2ccc(N(c3ccc(C4CC5CCC4C5)cc3)c3cccc4cccc(C5CCCCC5)c34)cc21. The summed E-state index contributed by atoms with van der Waals surface area (Å²) >= 11 is 0. The Morgan fingerprint density at radius 1 is 0.569 bits per heavy atom. The minimum atomic E-state index is -0.0980. The summed E-state index contributed by atoms with van der Waals surface area (Å²) in [5.74, 6) is 3.20. The van der Waals surface area contributed by atoms with E-state index in [1.54, 1.807) is 5.56 Å². The van der Waals surface area contributed by atoms with E-state index in [9.17, 15) is 0 Å². The Kier molecular flexibility index (Phi) is 7.49. The van der Waals surface area contributed by atoms with Gasteiger partial charge >= 0.3 is 0 Å². The topological polar surface area (TPSA) is 3.24 Å². The summed E-state index contributed by atoms with van der Waals surface area (Å²) < 4.78 is 0. The van der Waals surface area contributed by atoms with E-state index in [0.717, 1.165) is 17.8 Å². The van der Waals surface area contributed by atoms with Crippen molar-refractivity contribution in [1.29, 1.82) is 0 Å². The van der Waals surface area contributed by atoms with Gasteiger partial charge in [-0.05, 0) is 142 Å².